The molecule has 0 radical (unpaired) electrons. The Morgan fingerprint density at radius 3 is 2.86 bits per heavy atom. The number of nitrogens with zero attached hydrogens (tertiary/aromatic N) is 2. The van der Waals surface area contributed by atoms with Crippen molar-refractivity contribution in [3.63, 3.8) is 0 Å². The fourth-order valence-corrected chi connectivity index (χ4v) is 4.00. The van der Waals surface area contributed by atoms with Crippen LogP contribution >= 0.6 is 11.6 Å². The van der Waals surface area contributed by atoms with Gasteiger partial charge in [-0.05, 0) is 36.2 Å². The predicted molar refractivity (Wildman–Crippen MR) is 117 cm³/mol. The number of halogens is 1. The zero-order valence-electron chi connectivity index (χ0n) is 16.7. The second kappa shape index (κ2) is 9.27. The van der Waals surface area contributed by atoms with Crippen LogP contribution in [0, 0.1) is 0 Å². The van der Waals surface area contributed by atoms with Crippen LogP contribution in [0.4, 0.5) is 5.69 Å². The Bertz CT molecular complexity index is 859. The molecule has 2 aliphatic rings. The van der Waals surface area contributed by atoms with Crippen molar-refractivity contribution in [3.05, 3.63) is 53.1 Å². The fraction of sp³-hybridized carbons (Fsp3) is 0.409. The van der Waals surface area contributed by atoms with E-state index >= 15 is 0 Å². The Kier molecular flexibility index (Phi) is 6.30. The number of aliphatic imine (C=N–C) groups is 1. The largest absolute Gasteiger partial charge is 0.489 e. The molecule has 6 nitrogen and oxygen atoms in total. The average Bonchev–Trinajstić information content (AvgIpc) is 3.08. The van der Waals surface area contributed by atoms with Crippen LogP contribution in [0.1, 0.15) is 18.4 Å². The van der Waals surface area contributed by atoms with Crippen LogP contribution in [0.25, 0.3) is 0 Å². The van der Waals surface area contributed by atoms with Crippen LogP contribution in [0.5, 0.6) is 11.5 Å². The SMILES string of the molecule is CN=C(NCc1cc(Cl)c2c(c1)OCCCO2)NC1CCN(c2ccccc2)C1. The molecule has 2 aromatic carbocycles. The maximum Gasteiger partial charge on any atom is 0.191 e. The van der Waals surface area contributed by atoms with Crippen molar-refractivity contribution in [2.24, 2.45) is 4.99 Å². The number of anilines is 1. The quantitative estimate of drug-likeness (QED) is 0.592. The van der Waals surface area contributed by atoms with Crippen molar-refractivity contribution < 1.29 is 9.47 Å². The van der Waals surface area contributed by atoms with Gasteiger partial charge in [-0.25, -0.2) is 0 Å². The number of para-hydroxylation sites is 1. The number of hydrogen-bond acceptors (Lipinski definition) is 4. The van der Waals surface area contributed by atoms with Gasteiger partial charge >= 0.3 is 0 Å². The first-order valence-corrected chi connectivity index (χ1v) is 10.5. The van der Waals surface area contributed by atoms with E-state index in [1.54, 1.807) is 7.05 Å². The lowest BCUT2D eigenvalue weighted by Crippen LogP contribution is -2.44. The lowest BCUT2D eigenvalue weighted by molar-refractivity contribution is 0.297. The Morgan fingerprint density at radius 1 is 1.21 bits per heavy atom. The van der Waals surface area contributed by atoms with E-state index in [1.165, 1.54) is 5.69 Å². The van der Waals surface area contributed by atoms with E-state index in [-0.39, 0.29) is 0 Å². The van der Waals surface area contributed by atoms with Crippen molar-refractivity contribution in [1.82, 2.24) is 10.6 Å². The van der Waals surface area contributed by atoms with Crippen LogP contribution in [-0.4, -0.2) is 45.4 Å². The highest BCUT2D eigenvalue weighted by molar-refractivity contribution is 6.32. The number of benzene rings is 2. The van der Waals surface area contributed by atoms with Crippen LogP contribution in [0.15, 0.2) is 47.5 Å². The number of ether oxygens (including phenoxy) is 2. The van der Waals surface area contributed by atoms with E-state index in [4.69, 9.17) is 21.1 Å². The highest BCUT2D eigenvalue weighted by atomic mass is 35.5. The standard InChI is InChI=1S/C22H27ClN4O2/c1-24-22(26-17-8-9-27(15-17)18-6-3-2-4-7-18)25-14-16-12-19(23)21-20(13-16)28-10-5-11-29-21/h2-4,6-7,12-13,17H,5,8-11,14-15H2,1H3,(H2,24,25,26). The van der Waals surface area contributed by atoms with Gasteiger partial charge in [-0.2, -0.15) is 0 Å². The summed E-state index contributed by atoms with van der Waals surface area (Å²) in [6.07, 6.45) is 1.93. The molecule has 1 saturated heterocycles. The third-order valence-electron chi connectivity index (χ3n) is 5.20. The Hall–Kier alpha value is -2.60. The summed E-state index contributed by atoms with van der Waals surface area (Å²) in [6.45, 7) is 3.87. The highest BCUT2D eigenvalue weighted by Gasteiger charge is 2.23. The average molecular weight is 415 g/mol. The summed E-state index contributed by atoms with van der Waals surface area (Å²) in [7, 11) is 1.79. The first-order valence-electron chi connectivity index (χ1n) is 10.1. The topological polar surface area (TPSA) is 58.1 Å². The Morgan fingerprint density at radius 2 is 2.03 bits per heavy atom. The van der Waals surface area contributed by atoms with Gasteiger partial charge in [-0.3, -0.25) is 4.99 Å². The van der Waals surface area contributed by atoms with Gasteiger partial charge in [-0.15, -0.1) is 0 Å². The lowest BCUT2D eigenvalue weighted by Gasteiger charge is -2.20. The minimum absolute atomic E-state index is 0.355. The second-order valence-corrected chi connectivity index (χ2v) is 7.70. The van der Waals surface area contributed by atoms with Gasteiger partial charge in [0.2, 0.25) is 0 Å². The van der Waals surface area contributed by atoms with Gasteiger partial charge < -0.3 is 25.0 Å². The van der Waals surface area contributed by atoms with Crippen LogP contribution in [-0.2, 0) is 6.54 Å². The van der Waals surface area contributed by atoms with Crippen molar-refractivity contribution >= 4 is 23.2 Å². The lowest BCUT2D eigenvalue weighted by atomic mass is 10.2. The Balaban J connectivity index is 1.33. The molecule has 2 aromatic rings. The molecular formula is C22H27ClN4O2. The number of guanidine groups is 1. The van der Waals surface area contributed by atoms with Crippen molar-refractivity contribution in [1.29, 1.82) is 0 Å². The fourth-order valence-electron chi connectivity index (χ4n) is 3.71. The van der Waals surface area contributed by atoms with Gasteiger partial charge in [-0.1, -0.05) is 29.8 Å². The molecule has 0 amide bonds. The molecule has 2 aliphatic heterocycles. The number of hydrogen-bond donors (Lipinski definition) is 2. The van der Waals surface area contributed by atoms with E-state index in [0.29, 0.717) is 42.3 Å². The summed E-state index contributed by atoms with van der Waals surface area (Å²) in [6, 6.07) is 14.8. The molecule has 2 N–H and O–H groups in total. The summed E-state index contributed by atoms with van der Waals surface area (Å²) in [5.41, 5.74) is 2.29. The predicted octanol–water partition coefficient (Wildman–Crippen LogP) is 3.45. The molecule has 29 heavy (non-hydrogen) atoms. The molecule has 4 rings (SSSR count). The van der Waals surface area contributed by atoms with Crippen molar-refractivity contribution in [2.75, 3.05) is 38.3 Å². The molecule has 0 spiro atoms. The van der Waals surface area contributed by atoms with Crippen LogP contribution in [0.2, 0.25) is 5.02 Å². The highest BCUT2D eigenvalue weighted by Crippen LogP contribution is 2.37. The van der Waals surface area contributed by atoms with Gasteiger partial charge in [0.25, 0.3) is 0 Å². The summed E-state index contributed by atoms with van der Waals surface area (Å²) in [5, 5.41) is 7.49. The third-order valence-corrected chi connectivity index (χ3v) is 5.48. The smallest absolute Gasteiger partial charge is 0.191 e. The monoisotopic (exact) mass is 414 g/mol. The molecule has 1 unspecified atom stereocenters. The van der Waals surface area contributed by atoms with E-state index in [9.17, 15) is 0 Å². The molecule has 0 bridgehead atoms. The molecule has 2 heterocycles. The zero-order chi connectivity index (χ0) is 20.1. The minimum Gasteiger partial charge on any atom is -0.489 e. The van der Waals surface area contributed by atoms with Gasteiger partial charge in [0.15, 0.2) is 17.5 Å². The van der Waals surface area contributed by atoms with E-state index in [0.717, 1.165) is 37.5 Å². The first-order chi connectivity index (χ1) is 14.2. The van der Waals surface area contributed by atoms with Crippen molar-refractivity contribution in [2.45, 2.75) is 25.4 Å². The Labute approximate surface area is 176 Å². The minimum atomic E-state index is 0.355. The van der Waals surface area contributed by atoms with E-state index in [2.05, 4.69) is 44.8 Å². The number of nitrogens with one attached hydrogen (secondary N) is 2. The van der Waals surface area contributed by atoms with Crippen molar-refractivity contribution in [3.8, 4) is 11.5 Å². The number of fused-ring (bicyclic) bond motifs is 1. The molecule has 0 saturated carbocycles. The molecule has 7 heteroatoms. The van der Waals surface area contributed by atoms with Gasteiger partial charge in [0, 0.05) is 44.8 Å². The third kappa shape index (κ3) is 4.88. The van der Waals surface area contributed by atoms with Crippen LogP contribution < -0.4 is 25.0 Å². The molecule has 0 aromatic heterocycles. The summed E-state index contributed by atoms with van der Waals surface area (Å²) >= 11 is 6.40. The maximum absolute atomic E-state index is 6.40. The van der Waals surface area contributed by atoms with Crippen LogP contribution in [0.3, 0.4) is 0 Å². The first kappa shape index (κ1) is 19.7. The van der Waals surface area contributed by atoms with E-state index < -0.39 is 0 Å². The zero-order valence-corrected chi connectivity index (χ0v) is 17.4. The summed E-state index contributed by atoms with van der Waals surface area (Å²) in [5.74, 6) is 2.14. The maximum atomic E-state index is 6.40. The molecule has 154 valence electrons. The second-order valence-electron chi connectivity index (χ2n) is 7.29. The molecule has 0 aliphatic carbocycles. The van der Waals surface area contributed by atoms with Gasteiger partial charge in [0.05, 0.1) is 18.2 Å². The normalized spacial score (nSPS) is 19.0. The molecule has 1 fully saturated rings. The van der Waals surface area contributed by atoms with E-state index in [1.807, 2.05) is 18.2 Å². The molecule has 1 atom stereocenters. The van der Waals surface area contributed by atoms with Gasteiger partial charge in [0.1, 0.15) is 0 Å². The summed E-state index contributed by atoms with van der Waals surface area (Å²) in [4.78, 5) is 6.77. The molecular weight excluding hydrogens is 388 g/mol. The number of rotatable bonds is 4. The summed E-state index contributed by atoms with van der Waals surface area (Å²) < 4.78 is 11.5.